The Balaban J connectivity index is 2.76. The number of rotatable bonds is 1. The minimum atomic E-state index is 0.794. The summed E-state index contributed by atoms with van der Waals surface area (Å²) in [7, 11) is 0. The lowest BCUT2D eigenvalue weighted by atomic mass is 10.2. The fraction of sp³-hybridized carbons (Fsp3) is 0. The van der Waals surface area contributed by atoms with Gasteiger partial charge in [-0.2, -0.15) is 5.10 Å². The fourth-order valence-corrected chi connectivity index (χ4v) is 1.23. The van der Waals surface area contributed by atoms with E-state index in [0.717, 1.165) is 16.6 Å². The molecule has 1 aromatic heterocycles. The van der Waals surface area contributed by atoms with E-state index >= 15 is 0 Å². The molecule has 0 spiro atoms. The Labute approximate surface area is 69.2 Å². The molecule has 0 atom stereocenters. The Hall–Kier alpha value is -1.02. The van der Waals surface area contributed by atoms with Gasteiger partial charge in [-0.15, -0.1) is 11.6 Å². The first-order valence-electron chi connectivity index (χ1n) is 3.28. The maximum absolute atomic E-state index is 5.54. The molecule has 3 heteroatoms. The quantitative estimate of drug-likeness (QED) is 0.690. The molecule has 0 fully saturated rings. The Morgan fingerprint density at radius 2 is 2.18 bits per heavy atom. The van der Waals surface area contributed by atoms with Crippen LogP contribution in [-0.2, 0) is 0 Å². The van der Waals surface area contributed by atoms with E-state index in [2.05, 4.69) is 10.2 Å². The van der Waals surface area contributed by atoms with Gasteiger partial charge in [-0.05, 0) is 6.07 Å². The summed E-state index contributed by atoms with van der Waals surface area (Å²) >= 11 is 5.54. The van der Waals surface area contributed by atoms with Gasteiger partial charge >= 0.3 is 0 Å². The molecule has 55 valence electrons. The van der Waals surface area contributed by atoms with Gasteiger partial charge in [-0.3, -0.25) is 5.10 Å². The van der Waals surface area contributed by atoms with E-state index < -0.39 is 0 Å². The van der Waals surface area contributed by atoms with Crippen molar-refractivity contribution in [2.45, 2.75) is 0 Å². The summed E-state index contributed by atoms with van der Waals surface area (Å²) in [4.78, 5) is 0. The van der Waals surface area contributed by atoms with Crippen molar-refractivity contribution >= 4 is 22.5 Å². The third-order valence-corrected chi connectivity index (χ3v) is 1.81. The normalized spacial score (nSPS) is 10.6. The molecule has 0 bridgehead atoms. The van der Waals surface area contributed by atoms with Crippen LogP contribution >= 0.6 is 11.6 Å². The highest BCUT2D eigenvalue weighted by molar-refractivity contribution is 6.25. The molecule has 0 saturated carbocycles. The first kappa shape index (κ1) is 6.68. The molecule has 0 aliphatic rings. The molecule has 2 rings (SSSR count). The summed E-state index contributed by atoms with van der Waals surface area (Å²) < 4.78 is 0. The van der Waals surface area contributed by atoms with Gasteiger partial charge in [0.1, 0.15) is 5.88 Å². The summed E-state index contributed by atoms with van der Waals surface area (Å²) in [6.45, 7) is 0. The largest absolute Gasteiger partial charge is 0.277 e. The average molecular weight is 166 g/mol. The van der Waals surface area contributed by atoms with Gasteiger partial charge < -0.3 is 0 Å². The molecular weight excluding hydrogens is 160 g/mol. The van der Waals surface area contributed by atoms with Crippen molar-refractivity contribution in [3.8, 4) is 0 Å². The number of aromatic amines is 1. The van der Waals surface area contributed by atoms with Gasteiger partial charge in [0.25, 0.3) is 0 Å². The Kier molecular flexibility index (Phi) is 1.55. The zero-order valence-electron chi connectivity index (χ0n) is 5.71. The second-order valence-corrected chi connectivity index (χ2v) is 2.48. The van der Waals surface area contributed by atoms with Crippen molar-refractivity contribution in [2.24, 2.45) is 0 Å². The van der Waals surface area contributed by atoms with Crippen LogP contribution in [0.25, 0.3) is 10.9 Å². The predicted molar refractivity (Wildman–Crippen MR) is 45.3 cm³/mol. The SMILES string of the molecule is Cl[CH]c1n[nH]c2ccccc12. The van der Waals surface area contributed by atoms with E-state index in [1.54, 1.807) is 0 Å². The molecule has 11 heavy (non-hydrogen) atoms. The van der Waals surface area contributed by atoms with Crippen LogP contribution < -0.4 is 0 Å². The minimum Gasteiger partial charge on any atom is -0.277 e. The Morgan fingerprint density at radius 1 is 1.36 bits per heavy atom. The van der Waals surface area contributed by atoms with Gasteiger partial charge in [0.2, 0.25) is 0 Å². The molecular formula is C8H6ClN2. The molecule has 0 aliphatic heterocycles. The Morgan fingerprint density at radius 3 is 3.00 bits per heavy atom. The molecule has 1 N–H and O–H groups in total. The highest BCUT2D eigenvalue weighted by Crippen LogP contribution is 2.17. The monoisotopic (exact) mass is 165 g/mol. The molecule has 0 amide bonds. The third kappa shape index (κ3) is 0.994. The van der Waals surface area contributed by atoms with Crippen molar-refractivity contribution in [3.63, 3.8) is 0 Å². The zero-order chi connectivity index (χ0) is 7.68. The lowest BCUT2D eigenvalue weighted by Crippen LogP contribution is -1.73. The first-order valence-corrected chi connectivity index (χ1v) is 3.72. The number of aromatic nitrogens is 2. The number of H-pyrrole nitrogens is 1. The summed E-state index contributed by atoms with van der Waals surface area (Å²) in [5.41, 5.74) is 1.81. The molecule has 1 radical (unpaired) electrons. The lowest BCUT2D eigenvalue weighted by Gasteiger charge is -1.86. The number of para-hydroxylation sites is 1. The molecule has 2 aromatic rings. The molecule has 2 nitrogen and oxygen atoms in total. The van der Waals surface area contributed by atoms with E-state index in [1.165, 1.54) is 5.88 Å². The topological polar surface area (TPSA) is 28.7 Å². The van der Waals surface area contributed by atoms with Crippen LogP contribution in [0.1, 0.15) is 5.69 Å². The molecule has 0 aliphatic carbocycles. The van der Waals surface area contributed by atoms with Gasteiger partial charge in [0.15, 0.2) is 0 Å². The van der Waals surface area contributed by atoms with Crippen LogP contribution in [0.5, 0.6) is 0 Å². The fourth-order valence-electron chi connectivity index (χ4n) is 1.07. The molecule has 1 heterocycles. The van der Waals surface area contributed by atoms with E-state index in [4.69, 9.17) is 11.6 Å². The summed E-state index contributed by atoms with van der Waals surface area (Å²) in [5, 5.41) is 7.93. The second kappa shape index (κ2) is 2.55. The zero-order valence-corrected chi connectivity index (χ0v) is 6.47. The second-order valence-electron chi connectivity index (χ2n) is 2.26. The van der Waals surface area contributed by atoms with Crippen LogP contribution in [0.15, 0.2) is 24.3 Å². The maximum atomic E-state index is 5.54. The van der Waals surface area contributed by atoms with Crippen LogP contribution in [0.2, 0.25) is 0 Å². The number of nitrogens with one attached hydrogen (secondary N) is 1. The number of hydrogen-bond donors (Lipinski definition) is 1. The summed E-state index contributed by atoms with van der Waals surface area (Å²) in [6, 6.07) is 7.86. The van der Waals surface area contributed by atoms with Crippen LogP contribution in [0, 0.1) is 5.88 Å². The number of nitrogens with zero attached hydrogens (tertiary/aromatic N) is 1. The standard InChI is InChI=1S/C8H6ClN2/c9-5-8-6-3-1-2-4-7(6)10-11-8/h1-5H,(H,10,11). The molecule has 0 saturated heterocycles. The van der Waals surface area contributed by atoms with E-state index in [1.807, 2.05) is 24.3 Å². The summed E-state index contributed by atoms with van der Waals surface area (Å²) in [6.07, 6.45) is 0. The van der Waals surface area contributed by atoms with Crippen LogP contribution in [0.3, 0.4) is 0 Å². The van der Waals surface area contributed by atoms with Crippen molar-refractivity contribution in [2.75, 3.05) is 0 Å². The first-order chi connectivity index (χ1) is 5.42. The highest BCUT2D eigenvalue weighted by atomic mass is 35.5. The van der Waals surface area contributed by atoms with Crippen molar-refractivity contribution in [3.05, 3.63) is 35.8 Å². The van der Waals surface area contributed by atoms with Crippen molar-refractivity contribution < 1.29 is 0 Å². The van der Waals surface area contributed by atoms with Gasteiger partial charge in [0, 0.05) is 5.39 Å². The Bertz CT molecular complexity index is 367. The van der Waals surface area contributed by atoms with Gasteiger partial charge in [0.05, 0.1) is 11.2 Å². The van der Waals surface area contributed by atoms with Crippen molar-refractivity contribution in [1.29, 1.82) is 0 Å². The average Bonchev–Trinajstić information content (AvgIpc) is 2.47. The summed E-state index contributed by atoms with van der Waals surface area (Å²) in [5.74, 6) is 1.47. The van der Waals surface area contributed by atoms with Crippen molar-refractivity contribution in [1.82, 2.24) is 10.2 Å². The van der Waals surface area contributed by atoms with Gasteiger partial charge in [-0.1, -0.05) is 18.2 Å². The minimum absolute atomic E-state index is 0.794. The number of hydrogen-bond acceptors (Lipinski definition) is 1. The molecule has 1 aromatic carbocycles. The highest BCUT2D eigenvalue weighted by Gasteiger charge is 2.01. The number of benzene rings is 1. The number of halogens is 1. The lowest BCUT2D eigenvalue weighted by molar-refractivity contribution is 1.09. The molecule has 0 unspecified atom stereocenters. The predicted octanol–water partition coefficient (Wildman–Crippen LogP) is 2.31. The third-order valence-electron chi connectivity index (χ3n) is 1.60. The van der Waals surface area contributed by atoms with E-state index in [0.29, 0.717) is 0 Å². The van der Waals surface area contributed by atoms with E-state index in [-0.39, 0.29) is 0 Å². The van der Waals surface area contributed by atoms with Crippen LogP contribution in [0.4, 0.5) is 0 Å². The van der Waals surface area contributed by atoms with Crippen LogP contribution in [-0.4, -0.2) is 10.2 Å². The number of fused-ring (bicyclic) bond motifs is 1. The smallest absolute Gasteiger partial charge is 0.100 e. The van der Waals surface area contributed by atoms with E-state index in [9.17, 15) is 0 Å². The van der Waals surface area contributed by atoms with Gasteiger partial charge in [-0.25, -0.2) is 0 Å². The maximum Gasteiger partial charge on any atom is 0.100 e.